The Morgan fingerprint density at radius 2 is 0.933 bits per heavy atom. The van der Waals surface area contributed by atoms with E-state index in [0.717, 1.165) is 0 Å². The number of hydrogen-bond acceptors (Lipinski definition) is 4. The van der Waals surface area contributed by atoms with Crippen LogP contribution in [0, 0.1) is 0 Å². The van der Waals surface area contributed by atoms with Gasteiger partial charge < -0.3 is 8.33 Å². The van der Waals surface area contributed by atoms with E-state index in [2.05, 4.69) is 0 Å². The van der Waals surface area contributed by atoms with Crippen LogP contribution in [0.5, 0.6) is 0 Å². The molecule has 3 aromatic carbocycles. The van der Waals surface area contributed by atoms with Crippen LogP contribution in [0.3, 0.4) is 0 Å². The van der Waals surface area contributed by atoms with Gasteiger partial charge in [-0.2, -0.15) is 16.8 Å². The van der Waals surface area contributed by atoms with Crippen LogP contribution in [-0.2, 0) is 20.2 Å². The molecule has 0 bridgehead atoms. The molecule has 0 heterocycles. The van der Waals surface area contributed by atoms with Crippen molar-refractivity contribution >= 4 is 44.1 Å². The second-order valence-corrected chi connectivity index (χ2v) is 10.5. The summed E-state index contributed by atoms with van der Waals surface area (Å²) in [6, 6.07) is 20.5. The molecule has 3 rings (SSSR count). The molecule has 0 amide bonds. The van der Waals surface area contributed by atoms with Crippen LogP contribution in [-0.4, -0.2) is 31.4 Å². The Kier molecular flexibility index (Phi) is 13.6. The summed E-state index contributed by atoms with van der Waals surface area (Å²) in [7, 11) is -10.8. The van der Waals surface area contributed by atoms with E-state index in [1.807, 2.05) is 0 Å². The Bertz CT molecular complexity index is 1120. The minimum absolute atomic E-state index is 0. The number of rotatable bonds is 5. The Morgan fingerprint density at radius 1 is 0.600 bits per heavy atom. The molecule has 152 valence electrons. The summed E-state index contributed by atoms with van der Waals surface area (Å²) in [5, 5.41) is 1.19. The van der Waals surface area contributed by atoms with E-state index in [1.54, 1.807) is 42.5 Å². The molecule has 0 unspecified atom stereocenters. The van der Waals surface area contributed by atoms with Crippen LogP contribution in [0.1, 0.15) is 2.85 Å². The van der Waals surface area contributed by atoms with Crippen molar-refractivity contribution in [1.29, 1.82) is 0 Å². The Hall–Kier alpha value is 1.14. The average molecular weight is 521 g/mol. The summed E-state index contributed by atoms with van der Waals surface area (Å²) < 4.78 is 66.9. The van der Waals surface area contributed by atoms with Crippen LogP contribution in [0.4, 0.5) is 0 Å². The average Bonchev–Trinajstić information content (AvgIpc) is 2.62. The SMILES string of the molecule is O.O=S(=O)(O)c1ccccc1P(c1ccccc1)c1ccccc1S(=O)(=O)O.[H-].[H-].[K+].[K+]. The first-order chi connectivity index (χ1) is 12.7. The molecule has 0 atom stereocenters. The topological polar surface area (TPSA) is 140 Å². The van der Waals surface area contributed by atoms with Crippen LogP contribution in [0.2, 0.25) is 0 Å². The Morgan fingerprint density at radius 3 is 1.30 bits per heavy atom. The van der Waals surface area contributed by atoms with Crippen molar-refractivity contribution in [1.82, 2.24) is 0 Å². The van der Waals surface area contributed by atoms with Crippen molar-refractivity contribution in [3.8, 4) is 0 Å². The molecule has 0 aliphatic rings. The van der Waals surface area contributed by atoms with Gasteiger partial charge >= 0.3 is 103 Å². The van der Waals surface area contributed by atoms with Crippen molar-refractivity contribution in [2.24, 2.45) is 0 Å². The molecule has 0 radical (unpaired) electrons. The third-order valence-corrected chi connectivity index (χ3v) is 8.47. The second-order valence-electron chi connectivity index (χ2n) is 5.56. The van der Waals surface area contributed by atoms with E-state index in [1.165, 1.54) is 36.4 Å². The third kappa shape index (κ3) is 7.59. The van der Waals surface area contributed by atoms with Crippen LogP contribution in [0.15, 0.2) is 88.7 Å². The second kappa shape index (κ2) is 13.1. The minimum atomic E-state index is -4.54. The van der Waals surface area contributed by atoms with E-state index < -0.39 is 28.2 Å². The predicted molar refractivity (Wildman–Crippen MR) is 111 cm³/mol. The normalized spacial score (nSPS) is 11.0. The van der Waals surface area contributed by atoms with Gasteiger partial charge in [-0.1, -0.05) is 66.7 Å². The van der Waals surface area contributed by atoms with Crippen molar-refractivity contribution < 1.29 is 137 Å². The summed E-state index contributed by atoms with van der Waals surface area (Å²) in [5.41, 5.74) is 0. The molecule has 4 N–H and O–H groups in total. The van der Waals surface area contributed by atoms with Crippen molar-refractivity contribution in [2.45, 2.75) is 9.79 Å². The standard InChI is InChI=1S/C18H15O6PS2.2K.H2O.2H/c19-26(20,21)17-12-6-4-10-15(17)25(14-8-2-1-3-9-14)16-11-5-7-13-18(16)27(22,23)24;;;;;/h1-13H,(H,19,20,21)(H,22,23,24);;;1H2;;/q;2*+1;;2*-1. The van der Waals surface area contributed by atoms with Crippen LogP contribution >= 0.6 is 7.92 Å². The molecule has 0 fully saturated rings. The van der Waals surface area contributed by atoms with E-state index in [4.69, 9.17) is 0 Å². The molecule has 3 aromatic rings. The fourth-order valence-electron chi connectivity index (χ4n) is 2.71. The zero-order chi connectivity index (χ0) is 19.7. The molecule has 0 aliphatic heterocycles. The van der Waals surface area contributed by atoms with E-state index in [0.29, 0.717) is 5.30 Å². The Balaban J connectivity index is -0.00000168. The van der Waals surface area contributed by atoms with Crippen LogP contribution < -0.4 is 119 Å². The fourth-order valence-corrected chi connectivity index (χ4v) is 7.46. The first-order valence-electron chi connectivity index (χ1n) is 7.68. The van der Waals surface area contributed by atoms with Gasteiger partial charge in [-0.25, -0.2) is 0 Å². The molecular formula is C18H19K2O7PS2. The molecule has 30 heavy (non-hydrogen) atoms. The van der Waals surface area contributed by atoms with E-state index in [9.17, 15) is 25.9 Å². The number of benzene rings is 3. The molecule has 0 aliphatic carbocycles. The fraction of sp³-hybridized carbons (Fsp3) is 0. The first-order valence-corrected chi connectivity index (χ1v) is 11.9. The molecule has 0 saturated carbocycles. The van der Waals surface area contributed by atoms with E-state index in [-0.39, 0.29) is 131 Å². The quantitative estimate of drug-likeness (QED) is 0.197. The Labute approximate surface area is 265 Å². The summed E-state index contributed by atoms with van der Waals surface area (Å²) in [6.07, 6.45) is 0. The maximum atomic E-state index is 11.9. The largest absolute Gasteiger partial charge is 1.00 e. The van der Waals surface area contributed by atoms with Crippen LogP contribution in [0.25, 0.3) is 0 Å². The molecular weight excluding hydrogens is 501 g/mol. The van der Waals surface area contributed by atoms with Gasteiger partial charge in [-0.15, -0.1) is 0 Å². The molecule has 12 heteroatoms. The first kappa shape index (κ1) is 31.1. The molecule has 0 saturated heterocycles. The summed E-state index contributed by atoms with van der Waals surface area (Å²) in [4.78, 5) is -0.602. The summed E-state index contributed by atoms with van der Waals surface area (Å²) in [6.45, 7) is 0. The van der Waals surface area contributed by atoms with Gasteiger partial charge in [0.05, 0.1) is 0 Å². The van der Waals surface area contributed by atoms with Crippen molar-refractivity contribution in [2.75, 3.05) is 0 Å². The maximum Gasteiger partial charge on any atom is 1.00 e. The van der Waals surface area contributed by atoms with Crippen molar-refractivity contribution in [3.05, 3.63) is 78.9 Å². The van der Waals surface area contributed by atoms with Gasteiger partial charge in [0.25, 0.3) is 20.2 Å². The van der Waals surface area contributed by atoms with Gasteiger partial charge in [-0.05, 0) is 25.4 Å². The van der Waals surface area contributed by atoms with E-state index >= 15 is 0 Å². The summed E-state index contributed by atoms with van der Waals surface area (Å²) in [5.74, 6) is 0. The van der Waals surface area contributed by atoms with Gasteiger partial charge in [0, 0.05) is 10.6 Å². The van der Waals surface area contributed by atoms with Gasteiger partial charge in [0.1, 0.15) is 9.79 Å². The van der Waals surface area contributed by atoms with Gasteiger partial charge in [-0.3, -0.25) is 9.11 Å². The third-order valence-electron chi connectivity index (χ3n) is 3.78. The monoisotopic (exact) mass is 520 g/mol. The molecule has 7 nitrogen and oxygen atoms in total. The molecule has 0 aromatic heterocycles. The minimum Gasteiger partial charge on any atom is -1.00 e. The molecule has 0 spiro atoms. The predicted octanol–water partition coefficient (Wildman–Crippen LogP) is -4.65. The summed E-state index contributed by atoms with van der Waals surface area (Å²) >= 11 is 0. The van der Waals surface area contributed by atoms with Gasteiger partial charge in [0.15, 0.2) is 0 Å². The zero-order valence-corrected chi connectivity index (χ0v) is 25.1. The smallest absolute Gasteiger partial charge is 1.00 e. The zero-order valence-electron chi connectivity index (χ0n) is 18.3. The number of hydrogen-bond donors (Lipinski definition) is 2. The maximum absolute atomic E-state index is 11.9. The van der Waals surface area contributed by atoms with Gasteiger partial charge in [0.2, 0.25) is 0 Å². The van der Waals surface area contributed by atoms with Crippen molar-refractivity contribution in [3.63, 3.8) is 0 Å².